The van der Waals surface area contributed by atoms with Gasteiger partial charge in [0.2, 0.25) is 11.8 Å². The van der Waals surface area contributed by atoms with Crippen LogP contribution >= 0.6 is 0 Å². The summed E-state index contributed by atoms with van der Waals surface area (Å²) in [4.78, 5) is 28.9. The third kappa shape index (κ3) is 5.25. The van der Waals surface area contributed by atoms with Gasteiger partial charge in [-0.3, -0.25) is 9.59 Å². The third-order valence-corrected chi connectivity index (χ3v) is 6.14. The highest BCUT2D eigenvalue weighted by molar-refractivity contribution is 5.89. The van der Waals surface area contributed by atoms with E-state index in [1.54, 1.807) is 28.0 Å². The Balaban J connectivity index is 1.45. The summed E-state index contributed by atoms with van der Waals surface area (Å²) in [6.45, 7) is 1.15. The van der Waals surface area contributed by atoms with E-state index in [-0.39, 0.29) is 31.0 Å². The fraction of sp³-hybridized carbons (Fsp3) is 0.308. The number of amides is 2. The van der Waals surface area contributed by atoms with E-state index in [1.807, 2.05) is 54.6 Å². The van der Waals surface area contributed by atoms with Crippen molar-refractivity contribution in [3.05, 3.63) is 84.3 Å². The molecule has 2 amide bonds. The Kier molecular flexibility index (Phi) is 6.85. The van der Waals surface area contributed by atoms with Crippen LogP contribution in [0.15, 0.2) is 77.4 Å². The first kappa shape index (κ1) is 22.8. The van der Waals surface area contributed by atoms with Crippen molar-refractivity contribution in [1.82, 2.24) is 25.2 Å². The monoisotopic (exact) mass is 473 g/mol. The lowest BCUT2D eigenvalue weighted by Gasteiger charge is -2.33. The van der Waals surface area contributed by atoms with Crippen LogP contribution in [0.5, 0.6) is 0 Å². The van der Waals surface area contributed by atoms with E-state index >= 15 is 0 Å². The largest absolute Gasteiger partial charge is 0.467 e. The zero-order valence-corrected chi connectivity index (χ0v) is 19.2. The Morgan fingerprint density at radius 3 is 2.69 bits per heavy atom. The fourth-order valence-corrected chi connectivity index (χ4v) is 4.40. The number of carbonyl (C=O) groups is 2. The quantitative estimate of drug-likeness (QED) is 0.401. The number of hydrogen-bond acceptors (Lipinski definition) is 6. The minimum atomic E-state index is -0.836. The van der Waals surface area contributed by atoms with Crippen LogP contribution in [0, 0.1) is 0 Å². The minimum absolute atomic E-state index is 0.0397. The highest BCUT2D eigenvalue weighted by atomic mass is 16.5. The van der Waals surface area contributed by atoms with Gasteiger partial charge in [0.25, 0.3) is 0 Å². The zero-order chi connectivity index (χ0) is 24.0. The summed E-state index contributed by atoms with van der Waals surface area (Å²) in [7, 11) is 0. The van der Waals surface area contributed by atoms with Crippen LogP contribution in [0.4, 0.5) is 0 Å². The van der Waals surface area contributed by atoms with Gasteiger partial charge in [-0.2, -0.15) is 0 Å². The second kappa shape index (κ2) is 10.5. The van der Waals surface area contributed by atoms with Crippen molar-refractivity contribution in [3.8, 4) is 0 Å². The summed E-state index contributed by atoms with van der Waals surface area (Å²) < 4.78 is 12.8. The number of fused-ring (bicyclic) bond motifs is 1. The van der Waals surface area contributed by atoms with Gasteiger partial charge in [0, 0.05) is 13.2 Å². The van der Waals surface area contributed by atoms with E-state index in [1.165, 1.54) is 0 Å². The molecular formula is C26H27N5O4. The van der Waals surface area contributed by atoms with Crippen LogP contribution in [0.25, 0.3) is 11.0 Å². The molecule has 1 fully saturated rings. The molecule has 0 spiro atoms. The molecule has 0 aliphatic carbocycles. The number of rotatable bonds is 9. The van der Waals surface area contributed by atoms with Gasteiger partial charge in [-0.05, 0) is 42.7 Å². The van der Waals surface area contributed by atoms with E-state index in [4.69, 9.17) is 9.15 Å². The zero-order valence-electron chi connectivity index (χ0n) is 19.2. The average molecular weight is 474 g/mol. The Morgan fingerprint density at radius 2 is 1.91 bits per heavy atom. The summed E-state index contributed by atoms with van der Waals surface area (Å²) in [5.74, 6) is 0.108. The average Bonchev–Trinajstić information content (AvgIpc) is 3.66. The van der Waals surface area contributed by atoms with Crippen molar-refractivity contribution in [1.29, 1.82) is 0 Å². The number of hydrogen-bond donors (Lipinski definition) is 1. The molecule has 1 aliphatic heterocycles. The maximum absolute atomic E-state index is 13.8. The predicted molar refractivity (Wildman–Crippen MR) is 128 cm³/mol. The number of ether oxygens (including phenoxy) is 1. The molecule has 0 bridgehead atoms. The maximum Gasteiger partial charge on any atom is 0.247 e. The molecule has 180 valence electrons. The first-order valence-corrected chi connectivity index (χ1v) is 11.7. The van der Waals surface area contributed by atoms with E-state index in [2.05, 4.69) is 15.6 Å². The SMILES string of the molecule is O=C(NCc1ccco1)[C@@H](c1ccccc1)N(C[C@@H]1CCCO1)C(=O)Cn1nnc2ccccc21. The molecule has 2 atom stereocenters. The van der Waals surface area contributed by atoms with E-state index in [0.717, 1.165) is 23.9 Å². The van der Waals surface area contributed by atoms with E-state index in [0.29, 0.717) is 24.4 Å². The van der Waals surface area contributed by atoms with Gasteiger partial charge in [0.15, 0.2) is 0 Å². The van der Waals surface area contributed by atoms with Crippen molar-refractivity contribution in [2.24, 2.45) is 0 Å². The Morgan fingerprint density at radius 1 is 1.09 bits per heavy atom. The van der Waals surface area contributed by atoms with Crippen molar-refractivity contribution >= 4 is 22.8 Å². The van der Waals surface area contributed by atoms with Crippen LogP contribution < -0.4 is 5.32 Å². The van der Waals surface area contributed by atoms with Crippen LogP contribution in [0.3, 0.4) is 0 Å². The molecular weight excluding hydrogens is 446 g/mol. The highest BCUT2D eigenvalue weighted by Gasteiger charge is 2.34. The van der Waals surface area contributed by atoms with Crippen molar-refractivity contribution in [2.45, 2.75) is 38.1 Å². The lowest BCUT2D eigenvalue weighted by Crippen LogP contribution is -2.47. The van der Waals surface area contributed by atoms with Crippen molar-refractivity contribution < 1.29 is 18.7 Å². The Labute approximate surface area is 202 Å². The van der Waals surface area contributed by atoms with Crippen LogP contribution in [-0.4, -0.2) is 51.0 Å². The first-order valence-electron chi connectivity index (χ1n) is 11.7. The molecule has 1 N–H and O–H groups in total. The molecule has 4 aromatic rings. The van der Waals surface area contributed by atoms with Crippen LogP contribution in [0.2, 0.25) is 0 Å². The van der Waals surface area contributed by atoms with Gasteiger partial charge in [-0.25, -0.2) is 4.68 Å². The molecule has 9 nitrogen and oxygen atoms in total. The molecule has 0 unspecified atom stereocenters. The fourth-order valence-electron chi connectivity index (χ4n) is 4.40. The minimum Gasteiger partial charge on any atom is -0.467 e. The van der Waals surface area contributed by atoms with Gasteiger partial charge in [-0.1, -0.05) is 47.7 Å². The normalized spacial score (nSPS) is 16.3. The highest BCUT2D eigenvalue weighted by Crippen LogP contribution is 2.25. The smallest absolute Gasteiger partial charge is 0.247 e. The van der Waals surface area contributed by atoms with Crippen LogP contribution in [-0.2, 0) is 27.4 Å². The molecule has 1 saturated heterocycles. The molecule has 35 heavy (non-hydrogen) atoms. The molecule has 3 heterocycles. The summed E-state index contributed by atoms with van der Waals surface area (Å²) in [6, 6.07) is 19.5. The summed E-state index contributed by atoms with van der Waals surface area (Å²) in [5.41, 5.74) is 2.19. The Bertz CT molecular complexity index is 1270. The van der Waals surface area contributed by atoms with Gasteiger partial charge < -0.3 is 19.4 Å². The number of nitrogens with zero attached hydrogens (tertiary/aromatic N) is 4. The topological polar surface area (TPSA) is 102 Å². The molecule has 5 rings (SSSR count). The second-order valence-electron chi connectivity index (χ2n) is 8.53. The lowest BCUT2D eigenvalue weighted by molar-refractivity contribution is -0.143. The first-order chi connectivity index (χ1) is 17.2. The number of aromatic nitrogens is 3. The lowest BCUT2D eigenvalue weighted by atomic mass is 10.0. The molecule has 2 aromatic heterocycles. The standard InChI is InChI=1S/C26H27N5O4/c32-24(18-31-23-13-5-4-12-22(23)28-29-31)30(17-21-11-7-15-35-21)25(19-8-2-1-3-9-19)26(33)27-16-20-10-6-14-34-20/h1-6,8-10,12-14,21,25H,7,11,15-18H2,(H,27,33)/t21-,25+/m0/s1. The van der Waals surface area contributed by atoms with E-state index < -0.39 is 6.04 Å². The van der Waals surface area contributed by atoms with Gasteiger partial charge in [0.05, 0.1) is 24.4 Å². The van der Waals surface area contributed by atoms with Crippen molar-refractivity contribution in [2.75, 3.05) is 13.2 Å². The molecule has 2 aromatic carbocycles. The number of benzene rings is 2. The second-order valence-corrected chi connectivity index (χ2v) is 8.53. The number of nitrogens with one attached hydrogen (secondary N) is 1. The predicted octanol–water partition coefficient (Wildman–Crippen LogP) is 3.09. The summed E-state index contributed by atoms with van der Waals surface area (Å²) in [6.07, 6.45) is 3.20. The summed E-state index contributed by atoms with van der Waals surface area (Å²) in [5, 5.41) is 11.3. The number of carbonyl (C=O) groups excluding carboxylic acids is 2. The van der Waals surface area contributed by atoms with E-state index in [9.17, 15) is 9.59 Å². The Hall–Kier alpha value is -3.98. The summed E-state index contributed by atoms with van der Waals surface area (Å²) >= 11 is 0. The molecule has 0 radical (unpaired) electrons. The number of para-hydroxylation sites is 1. The maximum atomic E-state index is 13.8. The van der Waals surface area contributed by atoms with Gasteiger partial charge in [0.1, 0.15) is 23.9 Å². The molecule has 1 aliphatic rings. The van der Waals surface area contributed by atoms with Gasteiger partial charge >= 0.3 is 0 Å². The van der Waals surface area contributed by atoms with Crippen molar-refractivity contribution in [3.63, 3.8) is 0 Å². The van der Waals surface area contributed by atoms with Crippen LogP contribution in [0.1, 0.15) is 30.2 Å². The van der Waals surface area contributed by atoms with Gasteiger partial charge in [-0.15, -0.1) is 5.10 Å². The third-order valence-electron chi connectivity index (χ3n) is 6.14. The molecule has 0 saturated carbocycles. The number of furan rings is 1. The molecule has 9 heteroatoms.